The summed E-state index contributed by atoms with van der Waals surface area (Å²) in [6.45, 7) is 2.12. The van der Waals surface area contributed by atoms with Gasteiger partial charge in [-0.2, -0.15) is 0 Å². The number of carbonyl (C=O) groups is 1. The minimum absolute atomic E-state index is 0.249. The molecule has 1 aromatic carbocycles. The normalized spacial score (nSPS) is 10.0. The van der Waals surface area contributed by atoms with E-state index in [1.54, 1.807) is 19.2 Å². The van der Waals surface area contributed by atoms with Crippen molar-refractivity contribution in [2.45, 2.75) is 13.5 Å². The standard InChI is InChI=1S/C11H14ClNO3/c1-7-4-10(16-3)8(5-9(7)12)6-13(2)11(14)15/h4-5H,6H2,1-3H3,(H,14,15). The second-order valence-electron chi connectivity index (χ2n) is 3.55. The number of rotatable bonds is 3. The Labute approximate surface area is 99.4 Å². The first-order valence-electron chi connectivity index (χ1n) is 4.72. The van der Waals surface area contributed by atoms with Crippen LogP contribution in [0.3, 0.4) is 0 Å². The highest BCUT2D eigenvalue weighted by Crippen LogP contribution is 2.27. The third kappa shape index (κ3) is 2.79. The summed E-state index contributed by atoms with van der Waals surface area (Å²) in [6.07, 6.45) is -0.987. The first-order valence-corrected chi connectivity index (χ1v) is 5.10. The molecular weight excluding hydrogens is 230 g/mol. The van der Waals surface area contributed by atoms with Gasteiger partial charge in [0.25, 0.3) is 0 Å². The minimum atomic E-state index is -0.987. The van der Waals surface area contributed by atoms with E-state index in [2.05, 4.69) is 0 Å². The number of carboxylic acid groups (broad SMARTS) is 1. The van der Waals surface area contributed by atoms with Crippen LogP contribution in [0, 0.1) is 6.92 Å². The lowest BCUT2D eigenvalue weighted by Crippen LogP contribution is -2.24. The lowest BCUT2D eigenvalue weighted by atomic mass is 10.1. The van der Waals surface area contributed by atoms with Crippen LogP contribution in [0.5, 0.6) is 5.75 Å². The zero-order valence-electron chi connectivity index (χ0n) is 9.45. The van der Waals surface area contributed by atoms with E-state index in [-0.39, 0.29) is 6.54 Å². The molecule has 16 heavy (non-hydrogen) atoms. The van der Waals surface area contributed by atoms with E-state index in [4.69, 9.17) is 21.4 Å². The van der Waals surface area contributed by atoms with Gasteiger partial charge in [0.1, 0.15) is 5.75 Å². The van der Waals surface area contributed by atoms with Gasteiger partial charge < -0.3 is 14.7 Å². The molecule has 0 saturated heterocycles. The molecule has 0 saturated carbocycles. The molecule has 0 aromatic heterocycles. The predicted octanol–water partition coefficient (Wildman–Crippen LogP) is 2.77. The lowest BCUT2D eigenvalue weighted by molar-refractivity contribution is 0.153. The molecule has 1 rings (SSSR count). The van der Waals surface area contributed by atoms with Gasteiger partial charge in [0.15, 0.2) is 0 Å². The molecule has 0 fully saturated rings. The number of benzene rings is 1. The van der Waals surface area contributed by atoms with Crippen molar-refractivity contribution in [1.82, 2.24) is 4.90 Å². The Kier molecular flexibility index (Phi) is 4.01. The smallest absolute Gasteiger partial charge is 0.407 e. The van der Waals surface area contributed by atoms with Gasteiger partial charge in [0.2, 0.25) is 0 Å². The molecule has 0 heterocycles. The summed E-state index contributed by atoms with van der Waals surface area (Å²) in [4.78, 5) is 11.9. The summed E-state index contributed by atoms with van der Waals surface area (Å²) in [5.74, 6) is 0.648. The fraction of sp³-hybridized carbons (Fsp3) is 0.364. The number of aryl methyl sites for hydroxylation is 1. The molecule has 1 aromatic rings. The number of methoxy groups -OCH3 is 1. The molecule has 0 aliphatic rings. The van der Waals surface area contributed by atoms with Crippen molar-refractivity contribution in [3.63, 3.8) is 0 Å². The largest absolute Gasteiger partial charge is 0.496 e. The summed E-state index contributed by atoms with van der Waals surface area (Å²) >= 11 is 5.98. The van der Waals surface area contributed by atoms with Crippen LogP contribution in [0.2, 0.25) is 5.02 Å². The molecule has 4 nitrogen and oxygen atoms in total. The van der Waals surface area contributed by atoms with Gasteiger partial charge in [-0.15, -0.1) is 0 Å². The number of nitrogens with zero attached hydrogens (tertiary/aromatic N) is 1. The third-order valence-electron chi connectivity index (χ3n) is 2.30. The highest BCUT2D eigenvalue weighted by molar-refractivity contribution is 6.31. The summed E-state index contributed by atoms with van der Waals surface area (Å²) in [6, 6.07) is 3.53. The second kappa shape index (κ2) is 5.07. The maximum atomic E-state index is 10.7. The minimum Gasteiger partial charge on any atom is -0.496 e. The van der Waals surface area contributed by atoms with Crippen LogP contribution in [-0.2, 0) is 6.54 Å². The zero-order chi connectivity index (χ0) is 12.3. The average molecular weight is 244 g/mol. The first-order chi connectivity index (χ1) is 7.45. The van der Waals surface area contributed by atoms with Crippen molar-refractivity contribution < 1.29 is 14.6 Å². The quantitative estimate of drug-likeness (QED) is 0.888. The average Bonchev–Trinajstić information content (AvgIpc) is 2.22. The highest BCUT2D eigenvalue weighted by atomic mass is 35.5. The van der Waals surface area contributed by atoms with Crippen molar-refractivity contribution in [2.75, 3.05) is 14.2 Å². The molecule has 0 aliphatic carbocycles. The maximum absolute atomic E-state index is 10.7. The van der Waals surface area contributed by atoms with Crippen LogP contribution < -0.4 is 4.74 Å². The Balaban J connectivity index is 3.03. The van der Waals surface area contributed by atoms with Crippen molar-refractivity contribution in [1.29, 1.82) is 0 Å². The van der Waals surface area contributed by atoms with Gasteiger partial charge in [0, 0.05) is 17.6 Å². The molecular formula is C11H14ClNO3. The van der Waals surface area contributed by atoms with E-state index in [1.807, 2.05) is 6.92 Å². The monoisotopic (exact) mass is 243 g/mol. The van der Waals surface area contributed by atoms with Gasteiger partial charge in [0.05, 0.1) is 13.7 Å². The van der Waals surface area contributed by atoms with Gasteiger partial charge in [-0.25, -0.2) is 4.79 Å². The Morgan fingerprint density at radius 3 is 2.69 bits per heavy atom. The Hall–Kier alpha value is -1.42. The predicted molar refractivity (Wildman–Crippen MR) is 62.2 cm³/mol. The van der Waals surface area contributed by atoms with Gasteiger partial charge in [-0.1, -0.05) is 11.6 Å². The van der Waals surface area contributed by atoms with Crippen LogP contribution in [0.25, 0.3) is 0 Å². The molecule has 1 N–H and O–H groups in total. The molecule has 0 bridgehead atoms. The number of halogens is 1. The van der Waals surface area contributed by atoms with Crippen molar-refractivity contribution in [3.8, 4) is 5.75 Å². The van der Waals surface area contributed by atoms with E-state index in [1.165, 1.54) is 11.9 Å². The molecule has 1 amide bonds. The molecule has 88 valence electrons. The van der Waals surface area contributed by atoms with E-state index in [0.717, 1.165) is 11.1 Å². The summed E-state index contributed by atoms with van der Waals surface area (Å²) in [5.41, 5.74) is 1.66. The summed E-state index contributed by atoms with van der Waals surface area (Å²) in [7, 11) is 3.04. The van der Waals surface area contributed by atoms with E-state index < -0.39 is 6.09 Å². The van der Waals surface area contributed by atoms with Crippen LogP contribution in [0.4, 0.5) is 4.79 Å². The number of hydrogen-bond acceptors (Lipinski definition) is 2. The van der Waals surface area contributed by atoms with Gasteiger partial charge >= 0.3 is 6.09 Å². The molecule has 0 spiro atoms. The van der Waals surface area contributed by atoms with Crippen LogP contribution in [-0.4, -0.2) is 30.3 Å². The topological polar surface area (TPSA) is 49.8 Å². The summed E-state index contributed by atoms with van der Waals surface area (Å²) < 4.78 is 5.18. The van der Waals surface area contributed by atoms with E-state index in [0.29, 0.717) is 10.8 Å². The fourth-order valence-corrected chi connectivity index (χ4v) is 1.52. The molecule has 0 atom stereocenters. The summed E-state index contributed by atoms with van der Waals surface area (Å²) in [5, 5.41) is 9.39. The van der Waals surface area contributed by atoms with Crippen molar-refractivity contribution in [2.24, 2.45) is 0 Å². The van der Waals surface area contributed by atoms with E-state index in [9.17, 15) is 4.79 Å². The number of amides is 1. The van der Waals surface area contributed by atoms with Gasteiger partial charge in [-0.3, -0.25) is 0 Å². The Bertz CT molecular complexity index is 406. The highest BCUT2D eigenvalue weighted by Gasteiger charge is 2.12. The maximum Gasteiger partial charge on any atom is 0.407 e. The number of hydrogen-bond donors (Lipinski definition) is 1. The Morgan fingerprint density at radius 1 is 1.56 bits per heavy atom. The van der Waals surface area contributed by atoms with Crippen LogP contribution in [0.15, 0.2) is 12.1 Å². The van der Waals surface area contributed by atoms with Crippen LogP contribution >= 0.6 is 11.6 Å². The third-order valence-corrected chi connectivity index (χ3v) is 2.70. The second-order valence-corrected chi connectivity index (χ2v) is 3.96. The number of ether oxygens (including phenoxy) is 1. The first kappa shape index (κ1) is 12.6. The molecule has 0 radical (unpaired) electrons. The Morgan fingerprint density at radius 2 is 2.19 bits per heavy atom. The van der Waals surface area contributed by atoms with Crippen molar-refractivity contribution >= 4 is 17.7 Å². The van der Waals surface area contributed by atoms with E-state index >= 15 is 0 Å². The molecule has 0 aliphatic heterocycles. The molecule has 0 unspecified atom stereocenters. The van der Waals surface area contributed by atoms with Crippen LogP contribution in [0.1, 0.15) is 11.1 Å². The molecule has 5 heteroatoms. The van der Waals surface area contributed by atoms with Crippen molar-refractivity contribution in [3.05, 3.63) is 28.3 Å². The lowest BCUT2D eigenvalue weighted by Gasteiger charge is -2.16. The fourth-order valence-electron chi connectivity index (χ4n) is 1.33. The van der Waals surface area contributed by atoms with Gasteiger partial charge in [-0.05, 0) is 24.6 Å². The SMILES string of the molecule is COc1cc(C)c(Cl)cc1CN(C)C(=O)O. The zero-order valence-corrected chi connectivity index (χ0v) is 10.2.